The molecule has 13 atom stereocenters. The Morgan fingerprint density at radius 1 is 1.10 bits per heavy atom. The highest BCUT2D eigenvalue weighted by molar-refractivity contribution is 5.95. The lowest BCUT2D eigenvalue weighted by molar-refractivity contribution is -0.301. The molecule has 1 aromatic rings. The van der Waals surface area contributed by atoms with E-state index in [1.165, 1.54) is 0 Å². The minimum Gasteiger partial charge on any atom is -0.461 e. The molecule has 5 N–H and O–H groups in total. The summed E-state index contributed by atoms with van der Waals surface area (Å²) >= 11 is 0. The Bertz CT molecular complexity index is 1200. The van der Waals surface area contributed by atoms with Crippen LogP contribution in [0.1, 0.15) is 36.0 Å². The second-order valence-electron chi connectivity index (χ2n) is 13.2. The SMILES string of the molecule is CO[C@H]1[C@@H]2C[C@@H]3[C@H]1[C@](O)(C[C@@H]2OC)[C@@]1(O)C2NC[C@]4(COC(=O)c5ccccc5N)CC[C@H](OC)[C@@]23[C@@H]4[C@H]1OC. The van der Waals surface area contributed by atoms with E-state index >= 15 is 0 Å². The van der Waals surface area contributed by atoms with Gasteiger partial charge in [0, 0.05) is 75.7 Å². The third-order valence-corrected chi connectivity index (χ3v) is 12.4. The van der Waals surface area contributed by atoms with Gasteiger partial charge in [-0.25, -0.2) is 4.79 Å². The zero-order valence-electron chi connectivity index (χ0n) is 23.7. The van der Waals surface area contributed by atoms with E-state index < -0.39 is 40.1 Å². The topological polar surface area (TPSA) is 142 Å². The lowest BCUT2D eigenvalue weighted by Crippen LogP contribution is -2.81. The first kappa shape index (κ1) is 27.1. The molecule has 40 heavy (non-hydrogen) atoms. The van der Waals surface area contributed by atoms with Crippen LogP contribution < -0.4 is 11.1 Å². The van der Waals surface area contributed by atoms with Crippen molar-refractivity contribution in [2.45, 2.75) is 67.3 Å². The second-order valence-corrected chi connectivity index (χ2v) is 13.2. The number of esters is 1. The number of hydrogen-bond donors (Lipinski definition) is 4. The summed E-state index contributed by atoms with van der Waals surface area (Å²) in [5, 5.41) is 29.5. The molecule has 7 rings (SSSR count). The molecule has 5 saturated carbocycles. The summed E-state index contributed by atoms with van der Waals surface area (Å²) in [6.45, 7) is 0.672. The maximum absolute atomic E-state index is 13.2. The summed E-state index contributed by atoms with van der Waals surface area (Å²) < 4.78 is 30.7. The van der Waals surface area contributed by atoms with Crippen LogP contribution in [-0.4, -0.2) is 99.4 Å². The van der Waals surface area contributed by atoms with Crippen LogP contribution >= 0.6 is 0 Å². The van der Waals surface area contributed by atoms with Gasteiger partial charge in [0.05, 0.1) is 42.6 Å². The smallest absolute Gasteiger partial charge is 0.340 e. The van der Waals surface area contributed by atoms with Crippen LogP contribution in [0.3, 0.4) is 0 Å². The number of hydrogen-bond acceptors (Lipinski definition) is 10. The van der Waals surface area contributed by atoms with Crippen molar-refractivity contribution in [3.05, 3.63) is 29.8 Å². The minimum absolute atomic E-state index is 0.0130. The summed E-state index contributed by atoms with van der Waals surface area (Å²) in [5.74, 6) is -0.918. The Labute approximate surface area is 234 Å². The molecule has 5 aliphatic carbocycles. The van der Waals surface area contributed by atoms with Crippen LogP contribution in [0.5, 0.6) is 0 Å². The predicted octanol–water partition coefficient (Wildman–Crippen LogP) is 0.986. The molecule has 1 heterocycles. The number of benzene rings is 1. The van der Waals surface area contributed by atoms with Crippen molar-refractivity contribution < 1.29 is 38.7 Å². The maximum atomic E-state index is 13.2. The standard InChI is InChI=1S/C30H42N2O8/c1-36-19-12-28(34)21-17(11-16(19)22(21)38-3)29-20(37-2)9-10-27(14-40-25(33)15-7-5-6-8-18(15)31)13-32-26(29)30(28,35)24(39-4)23(27)29/h5-8,16-17,19-24,26,32,34-35H,9-14,31H2,1-4H3/t16-,17-,19+,20+,21-,22+,23-,24-,26?,27+,28-,29+,30+/m1/s1. The van der Waals surface area contributed by atoms with E-state index in [2.05, 4.69) is 5.32 Å². The van der Waals surface area contributed by atoms with E-state index in [4.69, 9.17) is 29.4 Å². The fraction of sp³-hybridized carbons (Fsp3) is 0.767. The largest absolute Gasteiger partial charge is 0.461 e. The number of anilines is 1. The van der Waals surface area contributed by atoms with Gasteiger partial charge < -0.3 is 44.9 Å². The molecule has 1 aromatic carbocycles. The van der Waals surface area contributed by atoms with E-state index in [9.17, 15) is 15.0 Å². The Kier molecular flexibility index (Phi) is 5.99. The average molecular weight is 559 g/mol. The number of carbonyl (C=O) groups excluding carboxylic acids is 1. The van der Waals surface area contributed by atoms with Crippen LogP contribution in [0.4, 0.5) is 5.69 Å². The monoisotopic (exact) mass is 558 g/mol. The molecular weight excluding hydrogens is 516 g/mol. The minimum atomic E-state index is -1.63. The zero-order valence-corrected chi connectivity index (χ0v) is 23.7. The van der Waals surface area contributed by atoms with E-state index in [-0.39, 0.29) is 48.6 Å². The molecule has 1 aliphatic heterocycles. The molecule has 10 heteroatoms. The Morgan fingerprint density at radius 3 is 2.55 bits per heavy atom. The van der Waals surface area contributed by atoms with Crippen molar-refractivity contribution in [3.63, 3.8) is 0 Å². The Balaban J connectivity index is 1.37. The van der Waals surface area contributed by atoms with E-state index in [0.29, 0.717) is 24.2 Å². The van der Waals surface area contributed by atoms with Crippen LogP contribution in [0.25, 0.3) is 0 Å². The van der Waals surface area contributed by atoms with Crippen molar-refractivity contribution >= 4 is 11.7 Å². The second kappa shape index (κ2) is 8.86. The zero-order chi connectivity index (χ0) is 28.2. The van der Waals surface area contributed by atoms with Gasteiger partial charge in [-0.1, -0.05) is 12.1 Å². The molecule has 1 saturated heterocycles. The number of ether oxygens (including phenoxy) is 5. The number of methoxy groups -OCH3 is 4. The number of nitrogen functional groups attached to an aromatic ring is 1. The van der Waals surface area contributed by atoms with E-state index in [1.807, 2.05) is 0 Å². The number of nitrogens with two attached hydrogens (primary N) is 1. The summed E-state index contributed by atoms with van der Waals surface area (Å²) in [6.07, 6.45) is 1.16. The molecule has 1 spiro atoms. The molecule has 1 unspecified atom stereocenters. The van der Waals surface area contributed by atoms with Gasteiger partial charge in [-0.05, 0) is 37.3 Å². The van der Waals surface area contributed by atoms with Crippen molar-refractivity contribution in [3.8, 4) is 0 Å². The van der Waals surface area contributed by atoms with Gasteiger partial charge in [0.25, 0.3) is 0 Å². The first-order valence-corrected chi connectivity index (χ1v) is 14.5. The first-order chi connectivity index (χ1) is 19.2. The van der Waals surface area contributed by atoms with Gasteiger partial charge in [-0.3, -0.25) is 0 Å². The van der Waals surface area contributed by atoms with Crippen molar-refractivity contribution in [1.82, 2.24) is 5.32 Å². The predicted molar refractivity (Wildman–Crippen MR) is 143 cm³/mol. The number of para-hydroxylation sites is 1. The molecule has 10 nitrogen and oxygen atoms in total. The van der Waals surface area contributed by atoms with Gasteiger partial charge in [0.2, 0.25) is 0 Å². The molecular formula is C30H42N2O8. The van der Waals surface area contributed by atoms with Crippen LogP contribution in [0.2, 0.25) is 0 Å². The van der Waals surface area contributed by atoms with Gasteiger partial charge >= 0.3 is 5.97 Å². The van der Waals surface area contributed by atoms with Crippen molar-refractivity contribution in [2.24, 2.45) is 34.5 Å². The number of rotatable bonds is 7. The lowest BCUT2D eigenvalue weighted by atomic mass is 9.43. The van der Waals surface area contributed by atoms with Crippen LogP contribution in [0.15, 0.2) is 24.3 Å². The van der Waals surface area contributed by atoms with Gasteiger partial charge in [0.15, 0.2) is 0 Å². The number of nitrogens with one attached hydrogen (secondary N) is 1. The molecule has 0 aromatic heterocycles. The average Bonchev–Trinajstić information content (AvgIpc) is 3.36. The number of fused-ring (bicyclic) bond motifs is 2. The fourth-order valence-electron chi connectivity index (χ4n) is 11.3. The summed E-state index contributed by atoms with van der Waals surface area (Å²) in [4.78, 5) is 13.2. The summed E-state index contributed by atoms with van der Waals surface area (Å²) in [7, 11) is 6.72. The van der Waals surface area contributed by atoms with Crippen LogP contribution in [-0.2, 0) is 23.7 Å². The molecule has 0 radical (unpaired) electrons. The highest BCUT2D eigenvalue weighted by Gasteiger charge is 2.90. The number of aliphatic hydroxyl groups is 2. The Morgan fingerprint density at radius 2 is 1.88 bits per heavy atom. The van der Waals surface area contributed by atoms with E-state index in [1.54, 1.807) is 52.7 Å². The van der Waals surface area contributed by atoms with E-state index in [0.717, 1.165) is 19.3 Å². The first-order valence-electron chi connectivity index (χ1n) is 14.5. The molecule has 6 fully saturated rings. The maximum Gasteiger partial charge on any atom is 0.340 e. The fourth-order valence-corrected chi connectivity index (χ4v) is 11.3. The Hall–Kier alpha value is -1.79. The third-order valence-electron chi connectivity index (χ3n) is 12.4. The number of carbonyl (C=O) groups is 1. The highest BCUT2D eigenvalue weighted by Crippen LogP contribution is 2.79. The van der Waals surface area contributed by atoms with Crippen molar-refractivity contribution in [2.75, 3.05) is 47.3 Å². The lowest BCUT2D eigenvalue weighted by Gasteiger charge is -2.67. The quantitative estimate of drug-likeness (QED) is 0.283. The highest BCUT2D eigenvalue weighted by atomic mass is 16.5. The summed E-state index contributed by atoms with van der Waals surface area (Å²) in [5.41, 5.74) is 2.55. The molecule has 220 valence electrons. The van der Waals surface area contributed by atoms with Gasteiger partial charge in [-0.15, -0.1) is 0 Å². The third kappa shape index (κ3) is 2.86. The molecule has 6 aliphatic rings. The van der Waals surface area contributed by atoms with Gasteiger partial charge in [0.1, 0.15) is 11.2 Å². The van der Waals surface area contributed by atoms with Gasteiger partial charge in [-0.2, -0.15) is 0 Å². The molecule has 7 bridgehead atoms. The summed E-state index contributed by atoms with van der Waals surface area (Å²) in [6, 6.07) is 6.44. The normalized spacial score (nSPS) is 51.5. The van der Waals surface area contributed by atoms with Crippen LogP contribution in [0, 0.1) is 34.5 Å². The van der Waals surface area contributed by atoms with Crippen molar-refractivity contribution in [1.29, 1.82) is 0 Å². The number of piperidine rings is 1. The molecule has 0 amide bonds.